The zero-order valence-corrected chi connectivity index (χ0v) is 14.4. The lowest BCUT2D eigenvalue weighted by atomic mass is 9.99. The Balaban J connectivity index is 1.72. The highest BCUT2D eigenvalue weighted by molar-refractivity contribution is 9.10. The van der Waals surface area contributed by atoms with Crippen molar-refractivity contribution in [1.82, 2.24) is 5.32 Å². The molecule has 0 aliphatic heterocycles. The van der Waals surface area contributed by atoms with E-state index in [1.165, 1.54) is 23.3 Å². The lowest BCUT2D eigenvalue weighted by molar-refractivity contribution is 0.0944. The fourth-order valence-electron chi connectivity index (χ4n) is 2.73. The molecule has 1 N–H and O–H groups in total. The average molecular weight is 364 g/mol. The minimum absolute atomic E-state index is 0.00845. The number of amides is 1. The molecule has 2 nitrogen and oxygen atoms in total. The van der Waals surface area contributed by atoms with Crippen molar-refractivity contribution in [3.8, 4) is 0 Å². The Bertz CT molecular complexity index is 641. The van der Waals surface area contributed by atoms with E-state index in [2.05, 4.69) is 27.3 Å². The van der Waals surface area contributed by atoms with Crippen LogP contribution in [0.25, 0.3) is 0 Å². The molecular formula is C17H18BrNOS. The molecule has 1 aromatic carbocycles. The summed E-state index contributed by atoms with van der Waals surface area (Å²) in [4.78, 5) is 14.7. The molecule has 0 saturated heterocycles. The van der Waals surface area contributed by atoms with E-state index in [4.69, 9.17) is 0 Å². The number of nitrogens with one attached hydrogen (secondary N) is 1. The maximum absolute atomic E-state index is 12.4. The second-order valence-corrected chi connectivity index (χ2v) is 7.57. The van der Waals surface area contributed by atoms with Crippen LogP contribution in [0.1, 0.15) is 51.5 Å². The molecule has 110 valence electrons. The van der Waals surface area contributed by atoms with Gasteiger partial charge in [0.1, 0.15) is 0 Å². The highest BCUT2D eigenvalue weighted by Gasteiger charge is 2.18. The van der Waals surface area contributed by atoms with Gasteiger partial charge in [0.25, 0.3) is 5.91 Å². The predicted octanol–water partition coefficient (Wildman–Crippen LogP) is 4.88. The number of hydrogen-bond acceptors (Lipinski definition) is 2. The Kier molecular flexibility index (Phi) is 4.45. The van der Waals surface area contributed by atoms with Gasteiger partial charge < -0.3 is 5.32 Å². The number of fused-ring (bicyclic) bond motifs is 1. The first-order chi connectivity index (χ1) is 10.1. The van der Waals surface area contributed by atoms with Gasteiger partial charge in [0.15, 0.2) is 0 Å². The number of rotatable bonds is 3. The summed E-state index contributed by atoms with van der Waals surface area (Å²) in [5.41, 5.74) is 2.49. The summed E-state index contributed by atoms with van der Waals surface area (Å²) in [6.07, 6.45) is 4.76. The van der Waals surface area contributed by atoms with Crippen molar-refractivity contribution in [3.63, 3.8) is 0 Å². The number of hydrogen-bond donors (Lipinski definition) is 1. The van der Waals surface area contributed by atoms with E-state index in [0.29, 0.717) is 0 Å². The Morgan fingerprint density at radius 3 is 2.86 bits per heavy atom. The van der Waals surface area contributed by atoms with Crippen LogP contribution in [-0.2, 0) is 12.8 Å². The maximum Gasteiger partial charge on any atom is 0.261 e. The van der Waals surface area contributed by atoms with E-state index >= 15 is 0 Å². The summed E-state index contributed by atoms with van der Waals surface area (Å²) in [6, 6.07) is 10.2. The first-order valence-electron chi connectivity index (χ1n) is 7.31. The highest BCUT2D eigenvalue weighted by Crippen LogP contribution is 2.30. The number of thiophene rings is 1. The average Bonchev–Trinajstić information content (AvgIpc) is 2.91. The van der Waals surface area contributed by atoms with Crippen molar-refractivity contribution >= 4 is 33.2 Å². The number of halogens is 1. The standard InChI is InChI=1S/C17H18BrNOS/c1-11(12-6-4-7-14(18)9-12)19-17(20)16-10-13-5-2-3-8-15(13)21-16/h4,6-7,9-11H,2-3,5,8H2,1H3,(H,19,20). The fourth-order valence-corrected chi connectivity index (χ4v) is 4.30. The van der Waals surface area contributed by atoms with Gasteiger partial charge in [-0.2, -0.15) is 0 Å². The van der Waals surface area contributed by atoms with Crippen LogP contribution in [0.2, 0.25) is 0 Å². The van der Waals surface area contributed by atoms with Crippen LogP contribution in [-0.4, -0.2) is 5.91 Å². The number of benzene rings is 1. The van der Waals surface area contributed by atoms with Crippen molar-refractivity contribution < 1.29 is 4.79 Å². The smallest absolute Gasteiger partial charge is 0.261 e. The second kappa shape index (κ2) is 6.32. The van der Waals surface area contributed by atoms with Gasteiger partial charge in [-0.05, 0) is 61.9 Å². The van der Waals surface area contributed by atoms with Crippen molar-refractivity contribution in [3.05, 3.63) is 55.7 Å². The quantitative estimate of drug-likeness (QED) is 0.826. The van der Waals surface area contributed by atoms with Crippen molar-refractivity contribution in [1.29, 1.82) is 0 Å². The number of carbonyl (C=O) groups is 1. The molecule has 0 fully saturated rings. The van der Waals surface area contributed by atoms with E-state index in [9.17, 15) is 4.79 Å². The Hall–Kier alpha value is -1.13. The monoisotopic (exact) mass is 363 g/mol. The molecule has 0 radical (unpaired) electrons. The predicted molar refractivity (Wildman–Crippen MR) is 91.0 cm³/mol. The van der Waals surface area contributed by atoms with Gasteiger partial charge in [-0.1, -0.05) is 28.1 Å². The Morgan fingerprint density at radius 2 is 2.10 bits per heavy atom. The molecule has 1 atom stereocenters. The third-order valence-electron chi connectivity index (χ3n) is 3.92. The topological polar surface area (TPSA) is 29.1 Å². The van der Waals surface area contributed by atoms with E-state index in [0.717, 1.165) is 27.8 Å². The molecular weight excluding hydrogens is 346 g/mol. The molecule has 0 saturated carbocycles. The van der Waals surface area contributed by atoms with Gasteiger partial charge in [0, 0.05) is 9.35 Å². The van der Waals surface area contributed by atoms with Crippen molar-refractivity contribution in [2.45, 2.75) is 38.6 Å². The zero-order valence-electron chi connectivity index (χ0n) is 12.0. The van der Waals surface area contributed by atoms with Crippen molar-refractivity contribution in [2.24, 2.45) is 0 Å². The number of aryl methyl sites for hydroxylation is 2. The summed E-state index contributed by atoms with van der Waals surface area (Å²) in [7, 11) is 0. The second-order valence-electron chi connectivity index (χ2n) is 5.52. The first-order valence-corrected chi connectivity index (χ1v) is 8.92. The molecule has 3 rings (SSSR count). The lowest BCUT2D eigenvalue weighted by Gasteiger charge is -2.14. The molecule has 1 unspecified atom stereocenters. The normalized spacial score (nSPS) is 15.3. The molecule has 21 heavy (non-hydrogen) atoms. The minimum atomic E-state index is 0.00845. The number of carbonyl (C=O) groups excluding carboxylic acids is 1. The summed E-state index contributed by atoms with van der Waals surface area (Å²) in [6.45, 7) is 2.02. The Morgan fingerprint density at radius 1 is 1.29 bits per heavy atom. The molecule has 0 bridgehead atoms. The van der Waals surface area contributed by atoms with Crippen LogP contribution >= 0.6 is 27.3 Å². The van der Waals surface area contributed by atoms with Crippen LogP contribution in [0, 0.1) is 0 Å². The van der Waals surface area contributed by atoms with Crippen molar-refractivity contribution in [2.75, 3.05) is 0 Å². The fraction of sp³-hybridized carbons (Fsp3) is 0.353. The van der Waals surface area contributed by atoms with Gasteiger partial charge in [-0.15, -0.1) is 11.3 Å². The van der Waals surface area contributed by atoms with Gasteiger partial charge >= 0.3 is 0 Å². The first kappa shape index (κ1) is 14.8. The van der Waals surface area contributed by atoms with Crippen LogP contribution in [0.15, 0.2) is 34.8 Å². The van der Waals surface area contributed by atoms with Gasteiger partial charge in [-0.25, -0.2) is 0 Å². The minimum Gasteiger partial charge on any atom is -0.345 e. The summed E-state index contributed by atoms with van der Waals surface area (Å²) < 4.78 is 1.03. The van der Waals surface area contributed by atoms with Gasteiger partial charge in [-0.3, -0.25) is 4.79 Å². The van der Waals surface area contributed by atoms with Crippen LogP contribution in [0.4, 0.5) is 0 Å². The summed E-state index contributed by atoms with van der Waals surface area (Å²) in [5, 5.41) is 3.10. The molecule has 1 heterocycles. The van der Waals surface area contributed by atoms with E-state index in [1.807, 2.05) is 31.2 Å². The highest BCUT2D eigenvalue weighted by atomic mass is 79.9. The van der Waals surface area contributed by atoms with Gasteiger partial charge in [0.05, 0.1) is 10.9 Å². The SMILES string of the molecule is CC(NC(=O)c1cc2c(s1)CCCC2)c1cccc(Br)c1. The van der Waals surface area contributed by atoms with E-state index in [-0.39, 0.29) is 11.9 Å². The molecule has 1 amide bonds. The van der Waals surface area contributed by atoms with E-state index < -0.39 is 0 Å². The maximum atomic E-state index is 12.4. The molecule has 4 heteroatoms. The molecule has 2 aromatic rings. The Labute approximate surface area is 137 Å². The third-order valence-corrected chi connectivity index (χ3v) is 5.65. The molecule has 0 spiro atoms. The zero-order chi connectivity index (χ0) is 14.8. The van der Waals surface area contributed by atoms with E-state index in [1.54, 1.807) is 11.3 Å². The lowest BCUT2D eigenvalue weighted by Crippen LogP contribution is -2.25. The third kappa shape index (κ3) is 3.38. The van der Waals surface area contributed by atoms with Crippen LogP contribution < -0.4 is 5.32 Å². The molecule has 1 aliphatic carbocycles. The van der Waals surface area contributed by atoms with Crippen LogP contribution in [0.5, 0.6) is 0 Å². The summed E-state index contributed by atoms with van der Waals surface area (Å²) >= 11 is 5.13. The summed E-state index contributed by atoms with van der Waals surface area (Å²) in [5.74, 6) is 0.0434. The van der Waals surface area contributed by atoms with Crippen LogP contribution in [0.3, 0.4) is 0 Å². The van der Waals surface area contributed by atoms with Gasteiger partial charge in [0.2, 0.25) is 0 Å². The molecule has 1 aromatic heterocycles. The molecule has 1 aliphatic rings. The largest absolute Gasteiger partial charge is 0.345 e.